The van der Waals surface area contributed by atoms with Gasteiger partial charge in [-0.3, -0.25) is 19.8 Å². The van der Waals surface area contributed by atoms with Crippen molar-refractivity contribution in [2.45, 2.75) is 32.9 Å². The van der Waals surface area contributed by atoms with Crippen molar-refractivity contribution < 1.29 is 18.1 Å². The maximum atomic E-state index is 11.9. The summed E-state index contributed by atoms with van der Waals surface area (Å²) in [6.45, 7) is 5.72. The van der Waals surface area contributed by atoms with Gasteiger partial charge in [0.1, 0.15) is 5.75 Å². The summed E-state index contributed by atoms with van der Waals surface area (Å²) in [6, 6.07) is 17.0. The number of sulfonamides is 1. The lowest BCUT2D eigenvalue weighted by Crippen LogP contribution is -2.29. The van der Waals surface area contributed by atoms with E-state index >= 15 is 0 Å². The van der Waals surface area contributed by atoms with Gasteiger partial charge >= 0.3 is 0 Å². The molecule has 0 bridgehead atoms. The van der Waals surface area contributed by atoms with E-state index in [9.17, 15) is 18.5 Å². The van der Waals surface area contributed by atoms with E-state index in [4.69, 9.17) is 17.0 Å². The largest absolute Gasteiger partial charge is 0.495 e. The van der Waals surface area contributed by atoms with Gasteiger partial charge in [0, 0.05) is 35.4 Å². The third-order valence-electron chi connectivity index (χ3n) is 7.28. The van der Waals surface area contributed by atoms with Gasteiger partial charge in [0.2, 0.25) is 10.0 Å². The fourth-order valence-corrected chi connectivity index (χ4v) is 6.46. The van der Waals surface area contributed by atoms with Gasteiger partial charge in [-0.1, -0.05) is 6.07 Å². The van der Waals surface area contributed by atoms with Gasteiger partial charge in [-0.2, -0.15) is 0 Å². The van der Waals surface area contributed by atoms with Gasteiger partial charge in [-0.05, 0) is 86.6 Å². The van der Waals surface area contributed by atoms with Gasteiger partial charge in [0.25, 0.3) is 5.69 Å². The maximum absolute atomic E-state index is 11.9. The molecular formula is C29H30N6O5S2. The molecule has 2 aromatic carbocycles. The van der Waals surface area contributed by atoms with Crippen molar-refractivity contribution in [3.8, 4) is 11.4 Å². The summed E-state index contributed by atoms with van der Waals surface area (Å²) in [5.41, 5.74) is 5.90. The Morgan fingerprint density at radius 2 is 1.86 bits per heavy atom. The van der Waals surface area contributed by atoms with E-state index in [2.05, 4.69) is 15.0 Å². The van der Waals surface area contributed by atoms with Crippen LogP contribution in [0.3, 0.4) is 0 Å². The highest BCUT2D eigenvalue weighted by Crippen LogP contribution is 2.45. The normalized spacial score (nSPS) is 16.8. The lowest BCUT2D eigenvalue weighted by Gasteiger charge is -2.29. The van der Waals surface area contributed by atoms with Crippen LogP contribution >= 0.6 is 12.2 Å². The highest BCUT2D eigenvalue weighted by Gasteiger charge is 2.42. The summed E-state index contributed by atoms with van der Waals surface area (Å²) >= 11 is 5.88. The summed E-state index contributed by atoms with van der Waals surface area (Å²) in [6.07, 6.45) is 2.84. The minimum Gasteiger partial charge on any atom is -0.495 e. The molecule has 218 valence electrons. The van der Waals surface area contributed by atoms with Crippen molar-refractivity contribution in [1.29, 1.82) is 0 Å². The van der Waals surface area contributed by atoms with Gasteiger partial charge in [0.05, 0.1) is 47.4 Å². The molecule has 5 rings (SSSR count). The Hall–Kier alpha value is -4.49. The summed E-state index contributed by atoms with van der Waals surface area (Å²) in [5.74, 6) is 0.497. The summed E-state index contributed by atoms with van der Waals surface area (Å²) < 4.78 is 33.8. The number of nitrogens with one attached hydrogen (secondary N) is 2. The molecule has 1 saturated heterocycles. The topological polar surface area (TPSA) is 132 Å². The third-order valence-corrected chi connectivity index (χ3v) is 8.19. The summed E-state index contributed by atoms with van der Waals surface area (Å²) in [4.78, 5) is 17.8. The molecule has 4 aromatic rings. The van der Waals surface area contributed by atoms with Crippen LogP contribution in [0.2, 0.25) is 0 Å². The number of anilines is 2. The average molecular weight is 607 g/mol. The molecule has 3 heterocycles. The second kappa shape index (κ2) is 11.1. The minimum atomic E-state index is -3.45. The van der Waals surface area contributed by atoms with Crippen LogP contribution in [0.25, 0.3) is 5.69 Å². The Kier molecular flexibility index (Phi) is 7.64. The number of nitrogens with zero attached hydrogens (tertiary/aromatic N) is 4. The molecule has 1 fully saturated rings. The van der Waals surface area contributed by atoms with E-state index in [-0.39, 0.29) is 17.8 Å². The second-order valence-corrected chi connectivity index (χ2v) is 12.3. The lowest BCUT2D eigenvalue weighted by molar-refractivity contribution is -0.384. The first kappa shape index (κ1) is 29.0. The van der Waals surface area contributed by atoms with Crippen LogP contribution < -0.4 is 19.7 Å². The Morgan fingerprint density at radius 3 is 2.48 bits per heavy atom. The number of pyridine rings is 1. The molecule has 13 heteroatoms. The van der Waals surface area contributed by atoms with E-state index in [1.807, 2.05) is 66.6 Å². The number of benzene rings is 2. The smallest absolute Gasteiger partial charge is 0.271 e. The molecule has 0 aliphatic carbocycles. The number of nitro groups is 1. The van der Waals surface area contributed by atoms with Crippen LogP contribution in [-0.2, 0) is 10.0 Å². The molecule has 1 aliphatic rings. The number of aryl methyl sites for hydroxylation is 2. The second-order valence-electron chi connectivity index (χ2n) is 10.1. The maximum Gasteiger partial charge on any atom is 0.271 e. The molecule has 0 saturated carbocycles. The number of nitro benzene ring substituents is 1. The molecule has 1 aliphatic heterocycles. The molecule has 11 nitrogen and oxygen atoms in total. The zero-order chi connectivity index (χ0) is 30.3. The van der Waals surface area contributed by atoms with Crippen LogP contribution in [0, 0.1) is 30.9 Å². The summed E-state index contributed by atoms with van der Waals surface area (Å²) in [7, 11) is -1.92. The van der Waals surface area contributed by atoms with E-state index in [1.165, 1.54) is 19.2 Å². The molecule has 0 unspecified atom stereocenters. The number of non-ortho nitro benzene ring substituents is 1. The van der Waals surface area contributed by atoms with Crippen LogP contribution in [0.5, 0.6) is 5.75 Å². The van der Waals surface area contributed by atoms with Crippen LogP contribution in [0.15, 0.2) is 66.9 Å². The first-order chi connectivity index (χ1) is 19.9. The standard InChI is InChI=1S/C29H30N6O5S2/c1-17-14-20(9-11-23(17)32-42(5,38)39)34-28(27(31-29(34)41)24-8-6-7-13-30-24)22-15-18(2)33(19(22)3)25-16-21(35(36)37)10-12-26(25)40-4/h6-16,27-28,32H,1-5H3,(H,31,41)/t27-,28+/m0/s1. The zero-order valence-corrected chi connectivity index (χ0v) is 25.3. The number of rotatable bonds is 8. The third kappa shape index (κ3) is 5.40. The Balaban J connectivity index is 1.68. The number of ether oxygens (including phenoxy) is 1. The van der Waals surface area contributed by atoms with E-state index < -0.39 is 14.9 Å². The number of methoxy groups -OCH3 is 1. The zero-order valence-electron chi connectivity index (χ0n) is 23.7. The molecule has 42 heavy (non-hydrogen) atoms. The molecular weight excluding hydrogens is 576 g/mol. The van der Waals surface area contributed by atoms with Crippen LogP contribution in [0.1, 0.15) is 40.3 Å². The van der Waals surface area contributed by atoms with Crippen molar-refractivity contribution in [1.82, 2.24) is 14.9 Å². The number of hydrogen-bond acceptors (Lipinski definition) is 7. The number of aromatic nitrogens is 2. The first-order valence-corrected chi connectivity index (χ1v) is 15.3. The fourth-order valence-electron chi connectivity index (χ4n) is 5.49. The number of hydrogen-bond donors (Lipinski definition) is 2. The quantitative estimate of drug-likeness (QED) is 0.157. The summed E-state index contributed by atoms with van der Waals surface area (Å²) in [5, 5.41) is 15.5. The highest BCUT2D eigenvalue weighted by molar-refractivity contribution is 7.92. The molecule has 2 atom stereocenters. The molecule has 2 N–H and O–H groups in total. The fraction of sp³-hybridized carbons (Fsp3) is 0.241. The van der Waals surface area contributed by atoms with Crippen molar-refractivity contribution in [3.63, 3.8) is 0 Å². The monoisotopic (exact) mass is 606 g/mol. The van der Waals surface area contributed by atoms with Crippen LogP contribution in [-0.4, -0.2) is 41.4 Å². The predicted molar refractivity (Wildman–Crippen MR) is 166 cm³/mol. The predicted octanol–water partition coefficient (Wildman–Crippen LogP) is 5.26. The molecule has 2 aromatic heterocycles. The SMILES string of the molecule is COc1ccc([N+](=O)[O-])cc1-n1c(C)cc([C@@H]2[C@H](c3ccccn3)NC(=S)N2c2ccc(NS(C)(=O)=O)c(C)c2)c1C. The Bertz CT molecular complexity index is 1810. The van der Waals surface area contributed by atoms with Crippen molar-refractivity contribution >= 4 is 44.4 Å². The van der Waals surface area contributed by atoms with Gasteiger partial charge in [0.15, 0.2) is 5.11 Å². The van der Waals surface area contributed by atoms with Crippen molar-refractivity contribution in [3.05, 3.63) is 105 Å². The molecule has 0 spiro atoms. The minimum absolute atomic E-state index is 0.0465. The van der Waals surface area contributed by atoms with Gasteiger partial charge in [-0.25, -0.2) is 8.42 Å². The van der Waals surface area contributed by atoms with Crippen molar-refractivity contribution in [2.24, 2.45) is 0 Å². The Labute approximate surface area is 249 Å². The molecule has 0 radical (unpaired) electrons. The average Bonchev–Trinajstić information content (AvgIpc) is 3.43. The number of thiocarbonyl (C=S) groups is 1. The Morgan fingerprint density at radius 1 is 1.10 bits per heavy atom. The van der Waals surface area contributed by atoms with E-state index in [0.29, 0.717) is 22.2 Å². The first-order valence-electron chi connectivity index (χ1n) is 13.0. The van der Waals surface area contributed by atoms with E-state index in [0.717, 1.165) is 40.2 Å². The van der Waals surface area contributed by atoms with Gasteiger partial charge in [-0.15, -0.1) is 0 Å². The highest BCUT2D eigenvalue weighted by atomic mass is 32.2. The van der Waals surface area contributed by atoms with E-state index in [1.54, 1.807) is 18.3 Å². The van der Waals surface area contributed by atoms with Crippen molar-refractivity contribution in [2.75, 3.05) is 23.0 Å². The van der Waals surface area contributed by atoms with Gasteiger partial charge < -0.3 is 19.5 Å². The van der Waals surface area contributed by atoms with Crippen LogP contribution in [0.4, 0.5) is 17.1 Å². The molecule has 0 amide bonds. The lowest BCUT2D eigenvalue weighted by atomic mass is 9.96.